The quantitative estimate of drug-likeness (QED) is 0.492. The number of hydrogen-bond donors (Lipinski definition) is 3. The summed E-state index contributed by atoms with van der Waals surface area (Å²) in [5.41, 5.74) is 4.87. The molecule has 0 aliphatic carbocycles. The van der Waals surface area contributed by atoms with Crippen LogP contribution in [-0.4, -0.2) is 71.9 Å². The van der Waals surface area contributed by atoms with Crippen LogP contribution in [-0.2, 0) is 19.4 Å². The smallest absolute Gasteiger partial charge is 0.412 e. The van der Waals surface area contributed by atoms with Crippen LogP contribution in [0.4, 0.5) is 10.5 Å². The van der Waals surface area contributed by atoms with Crippen LogP contribution in [0.15, 0.2) is 42.5 Å². The van der Waals surface area contributed by atoms with Crippen LogP contribution in [0.3, 0.4) is 0 Å². The maximum Gasteiger partial charge on any atom is 0.412 e. The summed E-state index contributed by atoms with van der Waals surface area (Å²) >= 11 is 0. The number of amides is 1. The molecule has 9 heteroatoms. The molecule has 3 aromatic rings. The highest BCUT2D eigenvalue weighted by atomic mass is 32.3. The molecular formula is C25H32N4O4S. The summed E-state index contributed by atoms with van der Waals surface area (Å²) in [6.07, 6.45) is 1.36. The van der Waals surface area contributed by atoms with E-state index in [9.17, 15) is 19.0 Å². The second-order valence-electron chi connectivity index (χ2n) is 9.37. The molecule has 1 saturated heterocycles. The maximum atomic E-state index is 12.0. The normalized spacial score (nSPS) is 21.4. The molecule has 3 heterocycles. The van der Waals surface area contributed by atoms with Gasteiger partial charge in [-0.2, -0.15) is 10.6 Å². The van der Waals surface area contributed by atoms with Crippen LogP contribution >= 0.6 is 10.6 Å². The average Bonchev–Trinajstić information content (AvgIpc) is 3.15. The van der Waals surface area contributed by atoms with Crippen molar-refractivity contribution in [2.24, 2.45) is 0 Å². The Morgan fingerprint density at radius 2 is 1.82 bits per heavy atom. The van der Waals surface area contributed by atoms with Gasteiger partial charge in [-0.3, -0.25) is 18.9 Å². The number of hydrogen-bond acceptors (Lipinski definition) is 5. The van der Waals surface area contributed by atoms with Gasteiger partial charge in [0.1, 0.15) is 5.82 Å². The zero-order valence-electron chi connectivity index (χ0n) is 19.4. The lowest BCUT2D eigenvalue weighted by molar-refractivity contribution is 0.198. The standard InChI is InChI=1S/C25H32N4O4S/c1-18-7-8-20-21(29(18)25(30)31)9-10-22-24(20)26-23(17-19-5-3-2-4-6-19)28(22)12-11-27-13-15-34(32,33)16-14-27/h2-6,9-10,18,32-33H,7-8,11-17H2,1H3,(H,30,31)/t18-/m0/s1. The average molecular weight is 485 g/mol. The van der Waals surface area contributed by atoms with E-state index < -0.39 is 16.7 Å². The fourth-order valence-corrected chi connectivity index (χ4v) is 6.47. The number of nitrogens with zero attached hydrogens (tertiary/aromatic N) is 4. The minimum Gasteiger partial charge on any atom is -0.465 e. The van der Waals surface area contributed by atoms with Crippen molar-refractivity contribution in [2.75, 3.05) is 36.0 Å². The number of imidazole rings is 1. The van der Waals surface area contributed by atoms with Crippen LogP contribution in [0.2, 0.25) is 0 Å². The molecule has 5 rings (SSSR count). The van der Waals surface area contributed by atoms with Gasteiger partial charge in [-0.25, -0.2) is 9.78 Å². The molecule has 2 aliphatic rings. The Balaban J connectivity index is 1.51. The van der Waals surface area contributed by atoms with E-state index in [0.29, 0.717) is 31.0 Å². The predicted octanol–water partition coefficient (Wildman–Crippen LogP) is 4.51. The summed E-state index contributed by atoms with van der Waals surface area (Å²) in [6, 6.07) is 14.2. The molecule has 2 aliphatic heterocycles. The predicted molar refractivity (Wildman–Crippen MR) is 136 cm³/mol. The molecule has 1 fully saturated rings. The van der Waals surface area contributed by atoms with E-state index in [-0.39, 0.29) is 6.04 Å². The van der Waals surface area contributed by atoms with Crippen molar-refractivity contribution >= 4 is 33.4 Å². The number of benzene rings is 2. The van der Waals surface area contributed by atoms with E-state index in [4.69, 9.17) is 4.98 Å². The monoisotopic (exact) mass is 484 g/mol. The molecule has 3 N–H and O–H groups in total. The highest BCUT2D eigenvalue weighted by Gasteiger charge is 2.31. The van der Waals surface area contributed by atoms with Crippen molar-refractivity contribution in [1.29, 1.82) is 0 Å². The third-order valence-electron chi connectivity index (χ3n) is 7.11. The van der Waals surface area contributed by atoms with Crippen molar-refractivity contribution in [3.63, 3.8) is 0 Å². The minimum absolute atomic E-state index is 0.0558. The van der Waals surface area contributed by atoms with Gasteiger partial charge in [-0.1, -0.05) is 30.3 Å². The molecule has 0 unspecified atom stereocenters. The Bertz CT molecular complexity index is 1190. The van der Waals surface area contributed by atoms with Gasteiger partial charge in [0.2, 0.25) is 0 Å². The second-order valence-corrected chi connectivity index (χ2v) is 11.8. The van der Waals surface area contributed by atoms with Crippen LogP contribution in [0.1, 0.15) is 30.3 Å². The number of carbonyl (C=O) groups is 1. The van der Waals surface area contributed by atoms with E-state index in [2.05, 4.69) is 21.6 Å². The van der Waals surface area contributed by atoms with E-state index in [1.807, 2.05) is 37.3 Å². The Morgan fingerprint density at radius 1 is 1.09 bits per heavy atom. The lowest BCUT2D eigenvalue weighted by atomic mass is 9.96. The summed E-state index contributed by atoms with van der Waals surface area (Å²) in [5, 5.41) is 9.81. The zero-order chi connectivity index (χ0) is 23.9. The molecule has 0 radical (unpaired) electrons. The lowest BCUT2D eigenvalue weighted by Crippen LogP contribution is -2.41. The van der Waals surface area contributed by atoms with Crippen molar-refractivity contribution in [3.8, 4) is 0 Å². The second kappa shape index (κ2) is 9.22. The number of aromatic nitrogens is 2. The van der Waals surface area contributed by atoms with Crippen LogP contribution in [0.25, 0.3) is 11.0 Å². The van der Waals surface area contributed by atoms with E-state index in [1.54, 1.807) is 0 Å². The molecule has 1 aromatic heterocycles. The van der Waals surface area contributed by atoms with Gasteiger partial charge in [-0.05, 0) is 37.5 Å². The number of anilines is 1. The van der Waals surface area contributed by atoms with Gasteiger partial charge in [-0.15, -0.1) is 0 Å². The van der Waals surface area contributed by atoms with E-state index in [0.717, 1.165) is 54.0 Å². The Kier molecular flexibility index (Phi) is 6.28. The number of aryl methyl sites for hydroxylation is 1. The van der Waals surface area contributed by atoms with E-state index in [1.165, 1.54) is 10.5 Å². The molecule has 0 spiro atoms. The first kappa shape index (κ1) is 23.2. The Hall–Kier alpha value is -2.59. The van der Waals surface area contributed by atoms with Crippen molar-refractivity contribution < 1.29 is 19.0 Å². The maximum absolute atomic E-state index is 12.0. The Labute approximate surface area is 201 Å². The first-order valence-corrected chi connectivity index (χ1v) is 13.7. The third kappa shape index (κ3) is 4.53. The summed E-state index contributed by atoms with van der Waals surface area (Å²) in [4.78, 5) is 20.8. The van der Waals surface area contributed by atoms with E-state index >= 15 is 0 Å². The van der Waals surface area contributed by atoms with Crippen LogP contribution in [0.5, 0.6) is 0 Å². The third-order valence-corrected chi connectivity index (χ3v) is 8.79. The summed E-state index contributed by atoms with van der Waals surface area (Å²) < 4.78 is 22.1. The van der Waals surface area contributed by atoms with Crippen molar-refractivity contribution in [2.45, 2.75) is 38.8 Å². The summed E-state index contributed by atoms with van der Waals surface area (Å²) in [7, 11) is -2.41. The fraction of sp³-hybridized carbons (Fsp3) is 0.440. The van der Waals surface area contributed by atoms with Gasteiger partial charge in [0.15, 0.2) is 0 Å². The lowest BCUT2D eigenvalue weighted by Gasteiger charge is -2.41. The SMILES string of the molecule is C[C@H]1CCc2c(ccc3c2nc(Cc2ccccc2)n3CCN2CCS(O)(O)CC2)N1C(=O)O. The minimum atomic E-state index is -2.41. The van der Waals surface area contributed by atoms with Gasteiger partial charge >= 0.3 is 6.09 Å². The number of carboxylic acid groups (broad SMARTS) is 1. The molecule has 0 saturated carbocycles. The van der Waals surface area contributed by atoms with Gasteiger partial charge in [0, 0.05) is 44.2 Å². The van der Waals surface area contributed by atoms with Crippen LogP contribution < -0.4 is 4.90 Å². The molecule has 34 heavy (non-hydrogen) atoms. The first-order chi connectivity index (χ1) is 16.3. The van der Waals surface area contributed by atoms with Crippen molar-refractivity contribution in [1.82, 2.24) is 14.5 Å². The molecule has 1 amide bonds. The fourth-order valence-electron chi connectivity index (χ4n) is 5.16. The zero-order valence-corrected chi connectivity index (χ0v) is 20.2. The molecule has 182 valence electrons. The number of rotatable bonds is 5. The summed E-state index contributed by atoms with van der Waals surface area (Å²) in [6.45, 7) is 4.87. The van der Waals surface area contributed by atoms with Crippen LogP contribution in [0, 0.1) is 0 Å². The first-order valence-electron chi connectivity index (χ1n) is 11.9. The molecule has 8 nitrogen and oxygen atoms in total. The van der Waals surface area contributed by atoms with Crippen molar-refractivity contribution in [3.05, 3.63) is 59.4 Å². The molecule has 2 aromatic carbocycles. The topological polar surface area (TPSA) is 102 Å². The molecule has 0 bridgehead atoms. The van der Waals surface area contributed by atoms with Gasteiger partial charge in [0.05, 0.1) is 28.2 Å². The molecule has 1 atom stereocenters. The largest absolute Gasteiger partial charge is 0.465 e. The summed E-state index contributed by atoms with van der Waals surface area (Å²) in [5.74, 6) is 1.84. The highest BCUT2D eigenvalue weighted by molar-refractivity contribution is 8.24. The highest BCUT2D eigenvalue weighted by Crippen LogP contribution is 2.40. The number of fused-ring (bicyclic) bond motifs is 3. The molecular weight excluding hydrogens is 452 g/mol. The van der Waals surface area contributed by atoms with Gasteiger partial charge < -0.3 is 9.67 Å². The van der Waals surface area contributed by atoms with Gasteiger partial charge in [0.25, 0.3) is 0 Å². The Morgan fingerprint density at radius 3 is 2.53 bits per heavy atom.